The summed E-state index contributed by atoms with van der Waals surface area (Å²) >= 11 is 0. The van der Waals surface area contributed by atoms with Crippen molar-refractivity contribution < 1.29 is 9.53 Å². The summed E-state index contributed by atoms with van der Waals surface area (Å²) in [5, 5.41) is 3.36. The third-order valence-corrected chi connectivity index (χ3v) is 4.08. The van der Waals surface area contributed by atoms with Crippen molar-refractivity contribution in [2.24, 2.45) is 0 Å². The van der Waals surface area contributed by atoms with Gasteiger partial charge in [-0.15, -0.1) is 0 Å². The Labute approximate surface area is 111 Å². The Morgan fingerprint density at radius 1 is 1.50 bits per heavy atom. The van der Waals surface area contributed by atoms with Gasteiger partial charge in [0.05, 0.1) is 7.11 Å². The average Bonchev–Trinajstić information content (AvgIpc) is 2.74. The number of carbonyl (C=O) groups is 1. The lowest BCUT2D eigenvalue weighted by atomic mass is 9.97. The van der Waals surface area contributed by atoms with E-state index in [0.717, 1.165) is 32.4 Å². The Hall–Kier alpha value is -0.610. The van der Waals surface area contributed by atoms with Crippen LogP contribution in [0.15, 0.2) is 0 Å². The number of carbonyl (C=O) groups excluding carboxylic acids is 1. The maximum Gasteiger partial charge on any atom is 0.326 e. The summed E-state index contributed by atoms with van der Waals surface area (Å²) < 4.78 is 4.99. The van der Waals surface area contributed by atoms with Gasteiger partial charge in [0.25, 0.3) is 0 Å². The van der Waals surface area contributed by atoms with E-state index >= 15 is 0 Å². The largest absolute Gasteiger partial charge is 0.468 e. The number of esters is 1. The van der Waals surface area contributed by atoms with Crippen LogP contribution in [0.1, 0.15) is 47.0 Å². The number of nitrogens with one attached hydrogen (secondary N) is 1. The SMILES string of the molecule is CCNC1(C(=O)OC)CCC(N(CC)C(C)C)C1. The highest BCUT2D eigenvalue weighted by molar-refractivity contribution is 5.81. The third-order valence-electron chi connectivity index (χ3n) is 4.08. The molecule has 1 aliphatic carbocycles. The van der Waals surface area contributed by atoms with Crippen molar-refractivity contribution in [3.8, 4) is 0 Å². The molecule has 0 saturated heterocycles. The predicted octanol–water partition coefficient (Wildman–Crippen LogP) is 1.79. The minimum atomic E-state index is -0.462. The fraction of sp³-hybridized carbons (Fsp3) is 0.929. The molecule has 1 fully saturated rings. The van der Waals surface area contributed by atoms with Crippen LogP contribution in [0, 0.1) is 0 Å². The summed E-state index contributed by atoms with van der Waals surface area (Å²) in [6.07, 6.45) is 2.80. The zero-order valence-corrected chi connectivity index (χ0v) is 12.5. The van der Waals surface area contributed by atoms with E-state index in [1.165, 1.54) is 7.11 Å². The minimum absolute atomic E-state index is 0.105. The summed E-state index contributed by atoms with van der Waals surface area (Å²) in [6, 6.07) is 1.00. The van der Waals surface area contributed by atoms with E-state index in [0.29, 0.717) is 12.1 Å². The van der Waals surface area contributed by atoms with Gasteiger partial charge >= 0.3 is 5.97 Å². The van der Waals surface area contributed by atoms with E-state index < -0.39 is 5.54 Å². The van der Waals surface area contributed by atoms with Crippen LogP contribution in [-0.2, 0) is 9.53 Å². The molecule has 0 aromatic rings. The Bertz CT molecular complexity index is 281. The topological polar surface area (TPSA) is 41.6 Å². The molecule has 0 amide bonds. The molecule has 0 aromatic heterocycles. The van der Waals surface area contributed by atoms with E-state index in [2.05, 4.69) is 31.0 Å². The van der Waals surface area contributed by atoms with Crippen molar-refractivity contribution in [1.29, 1.82) is 0 Å². The summed E-state index contributed by atoms with van der Waals surface area (Å²) in [5.41, 5.74) is -0.462. The van der Waals surface area contributed by atoms with Crippen molar-refractivity contribution in [3.05, 3.63) is 0 Å². The van der Waals surface area contributed by atoms with Gasteiger partial charge in [-0.1, -0.05) is 13.8 Å². The summed E-state index contributed by atoms with van der Waals surface area (Å²) in [7, 11) is 1.48. The fourth-order valence-electron chi connectivity index (χ4n) is 3.30. The van der Waals surface area contributed by atoms with Gasteiger partial charge in [0.15, 0.2) is 0 Å². The first-order chi connectivity index (χ1) is 8.50. The van der Waals surface area contributed by atoms with Crippen LogP contribution in [0.3, 0.4) is 0 Å². The number of hydrogen-bond acceptors (Lipinski definition) is 4. The molecule has 0 radical (unpaired) electrons. The Kier molecular flexibility index (Phi) is 5.60. The molecule has 0 aliphatic heterocycles. The zero-order valence-electron chi connectivity index (χ0n) is 12.5. The number of methoxy groups -OCH3 is 1. The molecule has 106 valence electrons. The second kappa shape index (κ2) is 6.53. The van der Waals surface area contributed by atoms with Gasteiger partial charge in [0.2, 0.25) is 0 Å². The molecule has 0 spiro atoms. The number of ether oxygens (including phenoxy) is 1. The molecular formula is C14H28N2O2. The van der Waals surface area contributed by atoms with Crippen LogP contribution in [-0.4, -0.2) is 48.7 Å². The lowest BCUT2D eigenvalue weighted by Gasteiger charge is -2.33. The van der Waals surface area contributed by atoms with Crippen molar-refractivity contribution >= 4 is 5.97 Å². The maximum atomic E-state index is 12.0. The molecule has 1 aliphatic rings. The Balaban J connectivity index is 2.79. The number of nitrogens with zero attached hydrogens (tertiary/aromatic N) is 1. The van der Waals surface area contributed by atoms with Gasteiger partial charge in [0.1, 0.15) is 5.54 Å². The van der Waals surface area contributed by atoms with Crippen LogP contribution in [0.4, 0.5) is 0 Å². The van der Waals surface area contributed by atoms with Crippen LogP contribution in [0.2, 0.25) is 0 Å². The van der Waals surface area contributed by atoms with Gasteiger partial charge in [-0.3, -0.25) is 9.69 Å². The van der Waals surface area contributed by atoms with E-state index in [4.69, 9.17) is 4.74 Å². The van der Waals surface area contributed by atoms with Gasteiger partial charge in [-0.05, 0) is 46.2 Å². The van der Waals surface area contributed by atoms with Crippen LogP contribution >= 0.6 is 0 Å². The predicted molar refractivity (Wildman–Crippen MR) is 73.6 cm³/mol. The second-order valence-electron chi connectivity index (χ2n) is 5.42. The fourth-order valence-corrected chi connectivity index (χ4v) is 3.30. The lowest BCUT2D eigenvalue weighted by Crippen LogP contribution is -2.52. The molecule has 2 atom stereocenters. The smallest absolute Gasteiger partial charge is 0.326 e. The second-order valence-corrected chi connectivity index (χ2v) is 5.42. The van der Waals surface area contributed by atoms with E-state index in [-0.39, 0.29) is 5.97 Å². The minimum Gasteiger partial charge on any atom is -0.468 e. The van der Waals surface area contributed by atoms with Gasteiger partial charge in [-0.2, -0.15) is 0 Å². The lowest BCUT2D eigenvalue weighted by molar-refractivity contribution is -0.148. The normalized spacial score (nSPS) is 28.1. The third kappa shape index (κ3) is 3.04. The van der Waals surface area contributed by atoms with E-state index in [1.54, 1.807) is 0 Å². The molecule has 2 unspecified atom stereocenters. The summed E-state index contributed by atoms with van der Waals surface area (Å²) in [4.78, 5) is 14.5. The number of hydrogen-bond donors (Lipinski definition) is 1. The van der Waals surface area contributed by atoms with Crippen LogP contribution < -0.4 is 5.32 Å². The van der Waals surface area contributed by atoms with Crippen LogP contribution in [0.25, 0.3) is 0 Å². The zero-order chi connectivity index (χ0) is 13.8. The number of rotatable bonds is 6. The highest BCUT2D eigenvalue weighted by atomic mass is 16.5. The van der Waals surface area contributed by atoms with Crippen molar-refractivity contribution in [1.82, 2.24) is 10.2 Å². The molecule has 0 bridgehead atoms. The Morgan fingerprint density at radius 3 is 2.61 bits per heavy atom. The molecule has 18 heavy (non-hydrogen) atoms. The molecule has 0 aromatic carbocycles. The monoisotopic (exact) mass is 256 g/mol. The van der Waals surface area contributed by atoms with E-state index in [9.17, 15) is 4.79 Å². The molecule has 0 heterocycles. The average molecular weight is 256 g/mol. The molecule has 4 nitrogen and oxygen atoms in total. The van der Waals surface area contributed by atoms with Gasteiger partial charge < -0.3 is 10.1 Å². The quantitative estimate of drug-likeness (QED) is 0.736. The molecular weight excluding hydrogens is 228 g/mol. The summed E-state index contributed by atoms with van der Waals surface area (Å²) in [5.74, 6) is -0.105. The highest BCUT2D eigenvalue weighted by Crippen LogP contribution is 2.34. The van der Waals surface area contributed by atoms with Gasteiger partial charge in [0, 0.05) is 12.1 Å². The summed E-state index contributed by atoms with van der Waals surface area (Å²) in [6.45, 7) is 10.5. The standard InChI is InChI=1S/C14H28N2O2/c1-6-15-14(13(17)18-5)9-8-12(10-14)16(7-2)11(3)4/h11-12,15H,6-10H2,1-5H3. The molecule has 1 N–H and O–H groups in total. The Morgan fingerprint density at radius 2 is 2.17 bits per heavy atom. The highest BCUT2D eigenvalue weighted by Gasteiger charge is 2.47. The van der Waals surface area contributed by atoms with Crippen LogP contribution in [0.5, 0.6) is 0 Å². The number of likely N-dealkylation sites (N-methyl/N-ethyl adjacent to an activating group) is 1. The first-order valence-corrected chi connectivity index (χ1v) is 7.10. The first kappa shape index (κ1) is 15.4. The van der Waals surface area contributed by atoms with Crippen molar-refractivity contribution in [2.75, 3.05) is 20.2 Å². The molecule has 1 saturated carbocycles. The first-order valence-electron chi connectivity index (χ1n) is 7.10. The van der Waals surface area contributed by atoms with Crippen molar-refractivity contribution in [3.63, 3.8) is 0 Å². The van der Waals surface area contributed by atoms with E-state index in [1.807, 2.05) is 6.92 Å². The van der Waals surface area contributed by atoms with Crippen molar-refractivity contribution in [2.45, 2.75) is 64.6 Å². The maximum absolute atomic E-state index is 12.0. The van der Waals surface area contributed by atoms with Gasteiger partial charge in [-0.25, -0.2) is 0 Å². The molecule has 1 rings (SSSR count). The molecule has 4 heteroatoms.